The topological polar surface area (TPSA) is 63.9 Å². The van der Waals surface area contributed by atoms with Crippen LogP contribution in [0.5, 0.6) is 0 Å². The maximum Gasteiger partial charge on any atom is 0.243 e. The van der Waals surface area contributed by atoms with E-state index in [4.69, 9.17) is 16.3 Å². The largest absolute Gasteiger partial charge is 0.379 e. The fraction of sp³-hybridized carbons (Fsp3) is 0.471. The Kier molecular flexibility index (Phi) is 4.96. The van der Waals surface area contributed by atoms with Crippen LogP contribution in [0.25, 0.3) is 0 Å². The van der Waals surface area contributed by atoms with Gasteiger partial charge in [0.2, 0.25) is 10.0 Å². The maximum atomic E-state index is 12.9. The van der Waals surface area contributed by atoms with Gasteiger partial charge in [-0.05, 0) is 38.0 Å². The lowest BCUT2D eigenvalue weighted by Gasteiger charge is -2.26. The van der Waals surface area contributed by atoms with Gasteiger partial charge in [0.1, 0.15) is 0 Å². The number of hydrogen-bond donors (Lipinski definition) is 0. The van der Waals surface area contributed by atoms with Crippen LogP contribution in [0.1, 0.15) is 24.6 Å². The molecule has 0 bridgehead atoms. The molecule has 0 N–H and O–H groups in total. The highest BCUT2D eigenvalue weighted by atomic mass is 35.5. The summed E-state index contributed by atoms with van der Waals surface area (Å²) in [6.07, 6.45) is 2.31. The molecule has 9 heteroatoms. The number of aryl methyl sites for hydroxylation is 1. The zero-order chi connectivity index (χ0) is 18.3. The molecule has 2 heterocycles. The van der Waals surface area contributed by atoms with Crippen LogP contribution in [-0.4, -0.2) is 43.6 Å². The van der Waals surface area contributed by atoms with E-state index in [1.165, 1.54) is 10.00 Å². The van der Waals surface area contributed by atoms with Crippen LogP contribution >= 0.6 is 22.9 Å². The summed E-state index contributed by atoms with van der Waals surface area (Å²) >= 11 is 7.86. The molecule has 26 heavy (non-hydrogen) atoms. The summed E-state index contributed by atoms with van der Waals surface area (Å²) < 4.78 is 34.7. The van der Waals surface area contributed by atoms with E-state index in [2.05, 4.69) is 21.9 Å². The molecule has 1 aromatic carbocycles. The number of ether oxygens (including phenoxy) is 1. The summed E-state index contributed by atoms with van der Waals surface area (Å²) in [4.78, 5) is 5.75. The van der Waals surface area contributed by atoms with Gasteiger partial charge < -0.3 is 9.30 Å². The predicted octanol–water partition coefficient (Wildman–Crippen LogP) is 3.10. The van der Waals surface area contributed by atoms with Crippen molar-refractivity contribution in [3.63, 3.8) is 0 Å². The third kappa shape index (κ3) is 3.48. The maximum absolute atomic E-state index is 12.9. The first-order chi connectivity index (χ1) is 12.5. The SMILES string of the molecule is Cc1csc(=Nc2cc(S(=O)(=O)N3CCOCC3)ccc2Cl)n1C1CC1. The monoisotopic (exact) mass is 413 g/mol. The molecular weight excluding hydrogens is 394 g/mol. The Labute approximate surface area is 161 Å². The number of halogens is 1. The smallest absolute Gasteiger partial charge is 0.243 e. The minimum Gasteiger partial charge on any atom is -0.379 e. The van der Waals surface area contributed by atoms with Crippen molar-refractivity contribution in [3.05, 3.63) is 39.1 Å². The van der Waals surface area contributed by atoms with Gasteiger partial charge in [0, 0.05) is 30.2 Å². The van der Waals surface area contributed by atoms with Gasteiger partial charge in [0.05, 0.1) is 28.8 Å². The molecule has 2 aliphatic rings. The van der Waals surface area contributed by atoms with Gasteiger partial charge >= 0.3 is 0 Å². The Morgan fingerprint density at radius 2 is 2.00 bits per heavy atom. The normalized spacial score (nSPS) is 19.8. The van der Waals surface area contributed by atoms with Gasteiger partial charge in [0.25, 0.3) is 0 Å². The van der Waals surface area contributed by atoms with Crippen molar-refractivity contribution in [3.8, 4) is 0 Å². The van der Waals surface area contributed by atoms with Crippen molar-refractivity contribution in [2.45, 2.75) is 30.7 Å². The van der Waals surface area contributed by atoms with Crippen LogP contribution in [0.4, 0.5) is 5.69 Å². The summed E-state index contributed by atoms with van der Waals surface area (Å²) in [5, 5.41) is 2.51. The lowest BCUT2D eigenvalue weighted by molar-refractivity contribution is 0.0730. The standard InChI is InChI=1S/C17H20ClN3O3S2/c1-12-11-25-17(21(12)13-2-3-13)19-16-10-14(4-5-15(16)18)26(22,23)20-6-8-24-9-7-20/h4-5,10-11,13H,2-3,6-9H2,1H3. The highest BCUT2D eigenvalue weighted by Gasteiger charge is 2.28. The highest BCUT2D eigenvalue weighted by molar-refractivity contribution is 7.89. The lowest BCUT2D eigenvalue weighted by atomic mass is 10.3. The molecule has 0 atom stereocenters. The van der Waals surface area contributed by atoms with Gasteiger partial charge in [-0.3, -0.25) is 0 Å². The summed E-state index contributed by atoms with van der Waals surface area (Å²) in [5.74, 6) is 0. The summed E-state index contributed by atoms with van der Waals surface area (Å²) in [7, 11) is -3.57. The highest BCUT2D eigenvalue weighted by Crippen LogP contribution is 2.35. The Balaban J connectivity index is 1.75. The third-order valence-electron chi connectivity index (χ3n) is 4.57. The van der Waals surface area contributed by atoms with Gasteiger partial charge in [-0.15, -0.1) is 11.3 Å². The average molecular weight is 414 g/mol. The molecule has 0 radical (unpaired) electrons. The van der Waals surface area contributed by atoms with E-state index in [0.717, 1.165) is 17.6 Å². The number of nitrogens with zero attached hydrogens (tertiary/aromatic N) is 3. The zero-order valence-corrected chi connectivity index (χ0v) is 16.8. The zero-order valence-electron chi connectivity index (χ0n) is 14.4. The summed E-state index contributed by atoms with van der Waals surface area (Å²) in [6.45, 7) is 3.63. The number of rotatable bonds is 4. The molecule has 1 aliphatic heterocycles. The molecule has 1 aliphatic carbocycles. The van der Waals surface area contributed by atoms with Crippen LogP contribution in [0.3, 0.4) is 0 Å². The van der Waals surface area contributed by atoms with Crippen LogP contribution < -0.4 is 4.80 Å². The van der Waals surface area contributed by atoms with Crippen molar-refractivity contribution in [2.24, 2.45) is 4.99 Å². The first kappa shape index (κ1) is 18.2. The van der Waals surface area contributed by atoms with E-state index in [9.17, 15) is 8.42 Å². The van der Waals surface area contributed by atoms with Gasteiger partial charge in [-0.1, -0.05) is 11.6 Å². The molecule has 0 spiro atoms. The first-order valence-corrected chi connectivity index (χ1v) is 11.3. The first-order valence-electron chi connectivity index (χ1n) is 8.55. The second kappa shape index (κ2) is 7.09. The van der Waals surface area contributed by atoms with E-state index in [1.807, 2.05) is 0 Å². The second-order valence-electron chi connectivity index (χ2n) is 6.50. The Morgan fingerprint density at radius 1 is 1.27 bits per heavy atom. The van der Waals surface area contributed by atoms with Gasteiger partial charge in [-0.25, -0.2) is 13.4 Å². The molecule has 6 nitrogen and oxygen atoms in total. The molecule has 2 aromatic rings. The van der Waals surface area contributed by atoms with Crippen molar-refractivity contribution < 1.29 is 13.2 Å². The van der Waals surface area contributed by atoms with Crippen molar-refractivity contribution in [1.29, 1.82) is 0 Å². The number of aromatic nitrogens is 1. The van der Waals surface area contributed by atoms with Crippen LogP contribution in [0.15, 0.2) is 33.5 Å². The second-order valence-corrected chi connectivity index (χ2v) is 9.68. The molecule has 0 unspecified atom stereocenters. The predicted molar refractivity (Wildman–Crippen MR) is 102 cm³/mol. The summed E-state index contributed by atoms with van der Waals surface area (Å²) in [6, 6.07) is 5.22. The molecule has 1 aromatic heterocycles. The van der Waals surface area contributed by atoms with Crippen molar-refractivity contribution >= 4 is 38.6 Å². The molecule has 140 valence electrons. The van der Waals surface area contributed by atoms with Gasteiger partial charge in [0.15, 0.2) is 4.80 Å². The van der Waals surface area contributed by atoms with Crippen LogP contribution in [0, 0.1) is 6.92 Å². The number of hydrogen-bond acceptors (Lipinski definition) is 5. The molecular formula is C17H20ClN3O3S2. The van der Waals surface area contributed by atoms with E-state index in [0.29, 0.717) is 43.1 Å². The quantitative estimate of drug-likeness (QED) is 0.773. The molecule has 0 amide bonds. The fourth-order valence-electron chi connectivity index (χ4n) is 3.04. The van der Waals surface area contributed by atoms with Gasteiger partial charge in [-0.2, -0.15) is 4.31 Å². The van der Waals surface area contributed by atoms with Crippen molar-refractivity contribution in [2.75, 3.05) is 26.3 Å². The van der Waals surface area contributed by atoms with E-state index in [1.54, 1.807) is 29.5 Å². The van der Waals surface area contributed by atoms with Crippen LogP contribution in [-0.2, 0) is 14.8 Å². The Bertz CT molecular complexity index is 987. The molecule has 1 saturated carbocycles. The Morgan fingerprint density at radius 3 is 2.69 bits per heavy atom. The van der Waals surface area contributed by atoms with Crippen molar-refractivity contribution in [1.82, 2.24) is 8.87 Å². The molecule has 1 saturated heterocycles. The number of morpholine rings is 1. The van der Waals surface area contributed by atoms with E-state index < -0.39 is 10.0 Å². The van der Waals surface area contributed by atoms with E-state index >= 15 is 0 Å². The third-order valence-corrected chi connectivity index (χ3v) is 7.75. The molecule has 4 rings (SSSR count). The number of benzene rings is 1. The Hall–Kier alpha value is -1.19. The fourth-order valence-corrected chi connectivity index (χ4v) is 5.57. The summed E-state index contributed by atoms with van der Waals surface area (Å²) in [5.41, 5.74) is 1.65. The van der Waals surface area contributed by atoms with E-state index in [-0.39, 0.29) is 4.90 Å². The minimum absolute atomic E-state index is 0.216. The number of thiazole rings is 1. The number of sulfonamides is 1. The molecule has 2 fully saturated rings. The minimum atomic E-state index is -3.57. The lowest BCUT2D eigenvalue weighted by Crippen LogP contribution is -2.40. The van der Waals surface area contributed by atoms with Crippen LogP contribution in [0.2, 0.25) is 5.02 Å². The average Bonchev–Trinajstić information content (AvgIpc) is 3.41.